The van der Waals surface area contributed by atoms with Crippen molar-refractivity contribution in [1.82, 2.24) is 39.4 Å². The first kappa shape index (κ1) is 17.6. The number of rotatable bonds is 4. The number of hydrogen-bond acceptors (Lipinski definition) is 7. The maximum atomic E-state index is 12.7. The minimum atomic E-state index is -0.359. The molecule has 0 atom stereocenters. The number of aromatic amines is 1. The molecule has 0 amide bonds. The third-order valence-electron chi connectivity index (χ3n) is 4.23. The minimum absolute atomic E-state index is 0.0621. The molecule has 0 saturated heterocycles. The number of anilines is 2. The Kier molecular flexibility index (Phi) is 4.14. The van der Waals surface area contributed by atoms with Gasteiger partial charge in [0.05, 0.1) is 5.56 Å². The standard InChI is InChI=1S/C17H11Cl2N9O/c18-9-2-1-3-10(6-9)22-12-4-5-13-24-25-14(27(13)26-12)7-11-15(19)23-17-20-8-21-28(17)16(11)29/h1-6,8H,7H2,(H,22,26)(H,20,21,23). The molecular weight excluding hydrogens is 417 g/mol. The van der Waals surface area contributed by atoms with E-state index in [1.54, 1.807) is 28.8 Å². The summed E-state index contributed by atoms with van der Waals surface area (Å²) in [7, 11) is 0. The van der Waals surface area contributed by atoms with Crippen molar-refractivity contribution in [3.63, 3.8) is 0 Å². The Morgan fingerprint density at radius 1 is 1.14 bits per heavy atom. The van der Waals surface area contributed by atoms with Crippen LogP contribution in [-0.4, -0.2) is 39.4 Å². The van der Waals surface area contributed by atoms with Crippen LogP contribution in [0, 0.1) is 0 Å². The highest BCUT2D eigenvalue weighted by molar-refractivity contribution is 6.31. The molecule has 12 heteroatoms. The topological polar surface area (TPSA) is 118 Å². The molecular formula is C17H11Cl2N9O. The lowest BCUT2D eigenvalue weighted by Gasteiger charge is -2.07. The molecule has 5 aromatic rings. The number of benzene rings is 1. The highest BCUT2D eigenvalue weighted by Gasteiger charge is 2.17. The van der Waals surface area contributed by atoms with Crippen LogP contribution in [0.3, 0.4) is 0 Å². The van der Waals surface area contributed by atoms with Gasteiger partial charge in [-0.15, -0.1) is 15.3 Å². The number of aromatic nitrogens is 8. The quantitative estimate of drug-likeness (QED) is 0.422. The van der Waals surface area contributed by atoms with Crippen molar-refractivity contribution in [3.05, 3.63) is 74.6 Å². The number of hydrogen-bond donors (Lipinski definition) is 2. The maximum Gasteiger partial charge on any atom is 0.279 e. The van der Waals surface area contributed by atoms with Gasteiger partial charge in [-0.3, -0.25) is 9.89 Å². The van der Waals surface area contributed by atoms with Crippen LogP contribution in [0.5, 0.6) is 0 Å². The van der Waals surface area contributed by atoms with Gasteiger partial charge in [-0.25, -0.2) is 4.98 Å². The van der Waals surface area contributed by atoms with Crippen molar-refractivity contribution in [2.45, 2.75) is 6.42 Å². The summed E-state index contributed by atoms with van der Waals surface area (Å²) < 4.78 is 2.76. The van der Waals surface area contributed by atoms with Crippen LogP contribution in [0.4, 0.5) is 11.5 Å². The van der Waals surface area contributed by atoms with Crippen molar-refractivity contribution in [2.75, 3.05) is 5.32 Å². The van der Waals surface area contributed by atoms with E-state index in [0.29, 0.717) is 22.3 Å². The fourth-order valence-corrected chi connectivity index (χ4v) is 3.31. The first-order valence-electron chi connectivity index (χ1n) is 8.43. The zero-order valence-corrected chi connectivity index (χ0v) is 16.1. The third kappa shape index (κ3) is 3.18. The normalized spacial score (nSPS) is 11.4. The van der Waals surface area contributed by atoms with Crippen molar-refractivity contribution < 1.29 is 0 Å². The molecule has 0 bridgehead atoms. The molecule has 4 aromatic heterocycles. The Hall–Kier alpha value is -3.50. The van der Waals surface area contributed by atoms with Gasteiger partial charge >= 0.3 is 0 Å². The largest absolute Gasteiger partial charge is 0.339 e. The highest BCUT2D eigenvalue weighted by atomic mass is 35.5. The van der Waals surface area contributed by atoms with E-state index in [0.717, 1.165) is 5.69 Å². The van der Waals surface area contributed by atoms with Crippen LogP contribution in [-0.2, 0) is 6.42 Å². The molecule has 0 fully saturated rings. The summed E-state index contributed by atoms with van der Waals surface area (Å²) in [5, 5.41) is 19.3. The Morgan fingerprint density at radius 2 is 2.03 bits per heavy atom. The zero-order chi connectivity index (χ0) is 20.0. The van der Waals surface area contributed by atoms with E-state index in [1.165, 1.54) is 10.8 Å². The van der Waals surface area contributed by atoms with Gasteiger partial charge in [0.2, 0.25) is 0 Å². The molecule has 0 radical (unpaired) electrons. The van der Waals surface area contributed by atoms with Crippen molar-refractivity contribution in [3.8, 4) is 0 Å². The lowest BCUT2D eigenvalue weighted by atomic mass is 10.2. The summed E-state index contributed by atoms with van der Waals surface area (Å²) in [6.07, 6.45) is 1.47. The Morgan fingerprint density at radius 3 is 2.90 bits per heavy atom. The molecule has 29 heavy (non-hydrogen) atoms. The van der Waals surface area contributed by atoms with E-state index in [2.05, 4.69) is 35.7 Å². The summed E-state index contributed by atoms with van der Waals surface area (Å²) >= 11 is 12.2. The molecule has 0 aliphatic rings. The number of H-pyrrole nitrogens is 1. The van der Waals surface area contributed by atoms with Crippen LogP contribution in [0.15, 0.2) is 47.5 Å². The molecule has 2 N–H and O–H groups in total. The molecule has 1 aromatic carbocycles. The Balaban J connectivity index is 1.53. The SMILES string of the molecule is O=c1c(Cc2nnc3ccc(Nc4cccc(Cl)c4)nn23)c(Cl)nc2nc[nH]n12. The average Bonchev–Trinajstić information content (AvgIpc) is 3.32. The molecule has 4 heterocycles. The average molecular weight is 428 g/mol. The van der Waals surface area contributed by atoms with Gasteiger partial charge in [0.25, 0.3) is 11.3 Å². The Labute approximate surface area is 172 Å². The predicted octanol–water partition coefficient (Wildman–Crippen LogP) is 2.50. The van der Waals surface area contributed by atoms with Gasteiger partial charge in [0.1, 0.15) is 11.5 Å². The van der Waals surface area contributed by atoms with E-state index >= 15 is 0 Å². The maximum absolute atomic E-state index is 12.7. The Bertz CT molecular complexity index is 1420. The monoisotopic (exact) mass is 427 g/mol. The summed E-state index contributed by atoms with van der Waals surface area (Å²) in [4.78, 5) is 20.7. The summed E-state index contributed by atoms with van der Waals surface area (Å²) in [6.45, 7) is 0. The first-order chi connectivity index (χ1) is 14.1. The van der Waals surface area contributed by atoms with Gasteiger partial charge < -0.3 is 5.32 Å². The predicted molar refractivity (Wildman–Crippen MR) is 107 cm³/mol. The van der Waals surface area contributed by atoms with Crippen LogP contribution >= 0.6 is 23.2 Å². The summed E-state index contributed by atoms with van der Waals surface area (Å²) in [6, 6.07) is 10.8. The molecule has 0 unspecified atom stereocenters. The molecule has 0 aliphatic carbocycles. The lowest BCUT2D eigenvalue weighted by molar-refractivity contribution is 0.815. The number of nitrogens with one attached hydrogen (secondary N) is 2. The summed E-state index contributed by atoms with van der Waals surface area (Å²) in [5.74, 6) is 1.20. The number of nitrogens with zero attached hydrogens (tertiary/aromatic N) is 7. The van der Waals surface area contributed by atoms with Crippen molar-refractivity contribution in [1.29, 1.82) is 0 Å². The summed E-state index contributed by atoms with van der Waals surface area (Å²) in [5.41, 5.74) is 1.22. The van der Waals surface area contributed by atoms with Crippen LogP contribution in [0.2, 0.25) is 10.2 Å². The second-order valence-electron chi connectivity index (χ2n) is 6.13. The molecule has 144 valence electrons. The molecule has 5 rings (SSSR count). The molecule has 0 saturated carbocycles. The van der Waals surface area contributed by atoms with Gasteiger partial charge in [0.15, 0.2) is 17.3 Å². The highest BCUT2D eigenvalue weighted by Crippen LogP contribution is 2.20. The smallest absolute Gasteiger partial charge is 0.279 e. The fourth-order valence-electron chi connectivity index (χ4n) is 2.90. The van der Waals surface area contributed by atoms with E-state index in [4.69, 9.17) is 23.2 Å². The van der Waals surface area contributed by atoms with E-state index < -0.39 is 0 Å². The lowest BCUT2D eigenvalue weighted by Crippen LogP contribution is -2.21. The van der Waals surface area contributed by atoms with Crippen LogP contribution < -0.4 is 10.9 Å². The van der Waals surface area contributed by atoms with E-state index in [9.17, 15) is 4.79 Å². The van der Waals surface area contributed by atoms with Gasteiger partial charge in [-0.2, -0.15) is 14.0 Å². The van der Waals surface area contributed by atoms with E-state index in [-0.39, 0.29) is 28.5 Å². The third-order valence-corrected chi connectivity index (χ3v) is 4.78. The number of fused-ring (bicyclic) bond motifs is 2. The van der Waals surface area contributed by atoms with Gasteiger partial charge in [-0.1, -0.05) is 29.3 Å². The first-order valence-corrected chi connectivity index (χ1v) is 9.18. The fraction of sp³-hybridized carbons (Fsp3) is 0.0588. The van der Waals surface area contributed by atoms with E-state index in [1.807, 2.05) is 12.1 Å². The molecule has 0 aliphatic heterocycles. The molecule has 0 spiro atoms. The van der Waals surface area contributed by atoms with Crippen LogP contribution in [0.25, 0.3) is 11.4 Å². The minimum Gasteiger partial charge on any atom is -0.339 e. The zero-order valence-electron chi connectivity index (χ0n) is 14.5. The molecule has 10 nitrogen and oxygen atoms in total. The van der Waals surface area contributed by atoms with Crippen molar-refractivity contribution in [2.24, 2.45) is 0 Å². The van der Waals surface area contributed by atoms with Crippen molar-refractivity contribution >= 4 is 46.1 Å². The second kappa shape index (κ2) is 6.83. The van der Waals surface area contributed by atoms with Gasteiger partial charge in [0, 0.05) is 17.1 Å². The number of halogens is 2. The second-order valence-corrected chi connectivity index (χ2v) is 6.92. The van der Waals surface area contributed by atoms with Gasteiger partial charge in [-0.05, 0) is 30.3 Å². The van der Waals surface area contributed by atoms with Crippen LogP contribution in [0.1, 0.15) is 11.4 Å².